The van der Waals surface area contributed by atoms with Gasteiger partial charge in [0.05, 0.1) is 21.3 Å². The zero-order chi connectivity index (χ0) is 20.1. The van der Waals surface area contributed by atoms with Gasteiger partial charge in [-0.05, 0) is 32.6 Å². The summed E-state index contributed by atoms with van der Waals surface area (Å²) in [5, 5.41) is 3.29. The molecule has 7 nitrogen and oxygen atoms in total. The van der Waals surface area contributed by atoms with E-state index in [1.165, 1.54) is 19.3 Å². The molecule has 0 bridgehead atoms. The Labute approximate surface area is 167 Å². The van der Waals surface area contributed by atoms with E-state index in [-0.39, 0.29) is 0 Å². The first kappa shape index (κ1) is 20.0. The highest BCUT2D eigenvalue weighted by atomic mass is 16.5. The maximum atomic E-state index is 5.43. The fraction of sp³-hybridized carbons (Fsp3) is 0.524. The van der Waals surface area contributed by atoms with Crippen molar-refractivity contribution in [2.45, 2.75) is 45.6 Å². The highest BCUT2D eigenvalue weighted by Crippen LogP contribution is 2.40. The van der Waals surface area contributed by atoms with Gasteiger partial charge in [-0.15, -0.1) is 0 Å². The zero-order valence-corrected chi connectivity index (χ0v) is 17.4. The summed E-state index contributed by atoms with van der Waals surface area (Å²) in [4.78, 5) is 11.8. The molecule has 7 heteroatoms. The molecule has 1 aliphatic heterocycles. The van der Waals surface area contributed by atoms with Crippen LogP contribution in [-0.4, -0.2) is 43.9 Å². The van der Waals surface area contributed by atoms with Gasteiger partial charge in [-0.25, -0.2) is 4.98 Å². The first-order valence-electron chi connectivity index (χ1n) is 9.79. The molecule has 28 heavy (non-hydrogen) atoms. The summed E-state index contributed by atoms with van der Waals surface area (Å²) < 4.78 is 16.3. The number of anilines is 3. The minimum absolute atomic E-state index is 0.539. The maximum absolute atomic E-state index is 5.43. The molecule has 1 aromatic carbocycles. The molecule has 1 unspecified atom stereocenters. The number of benzene rings is 1. The van der Waals surface area contributed by atoms with Crippen molar-refractivity contribution < 1.29 is 14.2 Å². The summed E-state index contributed by atoms with van der Waals surface area (Å²) in [7, 11) is 4.79. The molecule has 1 N–H and O–H groups in total. The lowest BCUT2D eigenvalue weighted by molar-refractivity contribution is 0.324. The fourth-order valence-electron chi connectivity index (χ4n) is 3.76. The summed E-state index contributed by atoms with van der Waals surface area (Å²) in [6.45, 7) is 5.28. The maximum Gasteiger partial charge on any atom is 0.229 e. The topological polar surface area (TPSA) is 68.7 Å². The van der Waals surface area contributed by atoms with Crippen molar-refractivity contribution >= 4 is 17.5 Å². The van der Waals surface area contributed by atoms with Gasteiger partial charge in [0.25, 0.3) is 0 Å². The SMILES string of the molecule is CCC1CCCCN1c1cc(C)nc(Nc2cc(OC)c(OC)c(OC)c2)n1. The normalized spacial score (nSPS) is 16.6. The van der Waals surface area contributed by atoms with E-state index in [0.29, 0.717) is 29.2 Å². The third-order valence-electron chi connectivity index (χ3n) is 5.15. The third-order valence-corrected chi connectivity index (χ3v) is 5.15. The van der Waals surface area contributed by atoms with Gasteiger partial charge in [0.1, 0.15) is 5.82 Å². The van der Waals surface area contributed by atoms with Crippen molar-refractivity contribution in [1.82, 2.24) is 9.97 Å². The van der Waals surface area contributed by atoms with Crippen LogP contribution >= 0.6 is 0 Å². The monoisotopic (exact) mass is 386 g/mol. The summed E-state index contributed by atoms with van der Waals surface area (Å²) in [6, 6.07) is 6.30. The molecule has 1 aliphatic rings. The molecule has 152 valence electrons. The molecule has 3 rings (SSSR count). The van der Waals surface area contributed by atoms with Crippen molar-refractivity contribution in [3.8, 4) is 17.2 Å². The van der Waals surface area contributed by atoms with Crippen LogP contribution in [0.4, 0.5) is 17.5 Å². The van der Waals surface area contributed by atoms with Crippen molar-refractivity contribution in [3.63, 3.8) is 0 Å². The number of rotatable bonds is 7. The predicted molar refractivity (Wildman–Crippen MR) is 111 cm³/mol. The van der Waals surface area contributed by atoms with Gasteiger partial charge < -0.3 is 24.4 Å². The number of nitrogens with zero attached hydrogens (tertiary/aromatic N) is 3. The lowest BCUT2D eigenvalue weighted by Crippen LogP contribution is -2.39. The van der Waals surface area contributed by atoms with Gasteiger partial charge >= 0.3 is 0 Å². The fourth-order valence-corrected chi connectivity index (χ4v) is 3.76. The Balaban J connectivity index is 1.92. The van der Waals surface area contributed by atoms with Crippen LogP contribution in [0, 0.1) is 6.92 Å². The van der Waals surface area contributed by atoms with E-state index < -0.39 is 0 Å². The van der Waals surface area contributed by atoms with Crippen LogP contribution in [0.15, 0.2) is 18.2 Å². The van der Waals surface area contributed by atoms with Crippen LogP contribution in [-0.2, 0) is 0 Å². The average Bonchev–Trinajstić information content (AvgIpc) is 2.72. The van der Waals surface area contributed by atoms with E-state index in [2.05, 4.69) is 28.2 Å². The van der Waals surface area contributed by atoms with E-state index in [9.17, 15) is 0 Å². The highest BCUT2D eigenvalue weighted by molar-refractivity contribution is 5.66. The van der Waals surface area contributed by atoms with E-state index in [4.69, 9.17) is 19.2 Å². The Morgan fingerprint density at radius 2 is 1.75 bits per heavy atom. The molecule has 0 radical (unpaired) electrons. The van der Waals surface area contributed by atoms with Crippen LogP contribution in [0.5, 0.6) is 17.2 Å². The van der Waals surface area contributed by atoms with Crippen molar-refractivity contribution in [2.24, 2.45) is 0 Å². The smallest absolute Gasteiger partial charge is 0.229 e. The van der Waals surface area contributed by atoms with Crippen LogP contribution in [0.2, 0.25) is 0 Å². The summed E-state index contributed by atoms with van der Waals surface area (Å²) >= 11 is 0. The summed E-state index contributed by atoms with van der Waals surface area (Å²) in [5.41, 5.74) is 1.71. The summed E-state index contributed by atoms with van der Waals surface area (Å²) in [5.74, 6) is 3.26. The third kappa shape index (κ3) is 4.24. The molecular weight excluding hydrogens is 356 g/mol. The van der Waals surface area contributed by atoms with Crippen LogP contribution < -0.4 is 24.4 Å². The first-order chi connectivity index (χ1) is 13.6. The standard InChI is InChI=1S/C21H30N4O3/c1-6-16-9-7-8-10-25(16)19-11-14(2)22-21(24-19)23-15-12-17(26-3)20(28-5)18(13-15)27-4/h11-13,16H,6-10H2,1-5H3,(H,22,23,24). The molecule has 1 fully saturated rings. The Bertz CT molecular complexity index is 787. The Morgan fingerprint density at radius 3 is 2.36 bits per heavy atom. The molecule has 0 aliphatic carbocycles. The van der Waals surface area contributed by atoms with Crippen molar-refractivity contribution in [2.75, 3.05) is 38.1 Å². The van der Waals surface area contributed by atoms with E-state index in [0.717, 1.165) is 30.2 Å². The molecule has 2 aromatic rings. The van der Waals surface area contributed by atoms with Gasteiger partial charge in [0.15, 0.2) is 11.5 Å². The second kappa shape index (κ2) is 8.99. The Hall–Kier alpha value is -2.70. The predicted octanol–water partition coefficient (Wildman–Crippen LogP) is 4.32. The molecule has 2 heterocycles. The molecule has 1 aromatic heterocycles. The average molecular weight is 386 g/mol. The first-order valence-corrected chi connectivity index (χ1v) is 9.79. The van der Waals surface area contributed by atoms with Gasteiger partial charge in [-0.1, -0.05) is 6.92 Å². The minimum Gasteiger partial charge on any atom is -0.493 e. The van der Waals surface area contributed by atoms with Crippen molar-refractivity contribution in [3.05, 3.63) is 23.9 Å². The van der Waals surface area contributed by atoms with Crippen LogP contribution in [0.25, 0.3) is 0 Å². The lowest BCUT2D eigenvalue weighted by Gasteiger charge is -2.36. The van der Waals surface area contributed by atoms with Gasteiger partial charge in [-0.2, -0.15) is 4.98 Å². The summed E-state index contributed by atoms with van der Waals surface area (Å²) in [6.07, 6.45) is 4.83. The second-order valence-corrected chi connectivity index (χ2v) is 6.98. The van der Waals surface area contributed by atoms with Gasteiger partial charge in [-0.3, -0.25) is 0 Å². The number of aryl methyl sites for hydroxylation is 1. The highest BCUT2D eigenvalue weighted by Gasteiger charge is 2.23. The zero-order valence-electron chi connectivity index (χ0n) is 17.4. The molecule has 0 saturated carbocycles. The van der Waals surface area contributed by atoms with Crippen LogP contribution in [0.3, 0.4) is 0 Å². The van der Waals surface area contributed by atoms with Crippen molar-refractivity contribution in [1.29, 1.82) is 0 Å². The minimum atomic E-state index is 0.539. The van der Waals surface area contributed by atoms with E-state index in [1.54, 1.807) is 21.3 Å². The number of aromatic nitrogens is 2. The Kier molecular flexibility index (Phi) is 6.44. The number of methoxy groups -OCH3 is 3. The van der Waals surface area contributed by atoms with Gasteiger partial charge in [0, 0.05) is 42.2 Å². The number of hydrogen-bond donors (Lipinski definition) is 1. The molecular formula is C21H30N4O3. The van der Waals surface area contributed by atoms with Crippen LogP contribution in [0.1, 0.15) is 38.3 Å². The molecule has 1 saturated heterocycles. The molecule has 0 spiro atoms. The quantitative estimate of drug-likeness (QED) is 0.760. The lowest BCUT2D eigenvalue weighted by atomic mass is 10.00. The number of nitrogens with one attached hydrogen (secondary N) is 1. The van der Waals surface area contributed by atoms with Gasteiger partial charge in [0.2, 0.25) is 11.7 Å². The number of ether oxygens (including phenoxy) is 3. The number of piperidine rings is 1. The molecule has 0 amide bonds. The number of hydrogen-bond acceptors (Lipinski definition) is 7. The van der Waals surface area contributed by atoms with E-state index >= 15 is 0 Å². The Morgan fingerprint density at radius 1 is 1.04 bits per heavy atom. The second-order valence-electron chi connectivity index (χ2n) is 6.98. The largest absolute Gasteiger partial charge is 0.493 e. The molecule has 1 atom stereocenters. The van der Waals surface area contributed by atoms with E-state index in [1.807, 2.05) is 19.1 Å².